The van der Waals surface area contributed by atoms with Gasteiger partial charge in [0.15, 0.2) is 17.1 Å². The van der Waals surface area contributed by atoms with Crippen molar-refractivity contribution in [3.05, 3.63) is 47.8 Å². The van der Waals surface area contributed by atoms with Crippen molar-refractivity contribution in [1.82, 2.24) is 20.1 Å². The number of ether oxygens (including phenoxy) is 1. The first kappa shape index (κ1) is 22.7. The van der Waals surface area contributed by atoms with Crippen molar-refractivity contribution in [3.63, 3.8) is 0 Å². The van der Waals surface area contributed by atoms with Crippen molar-refractivity contribution in [2.75, 3.05) is 5.75 Å². The summed E-state index contributed by atoms with van der Waals surface area (Å²) in [6.45, 7) is 6.29. The second kappa shape index (κ2) is 11.4. The van der Waals surface area contributed by atoms with Gasteiger partial charge < -0.3 is 10.1 Å². The molecule has 1 amide bonds. The average molecular weight is 449 g/mol. The van der Waals surface area contributed by atoms with E-state index in [-0.39, 0.29) is 12.0 Å². The standard InChI is InChI=1S/C22H29ClN4O2S/c1-3-13-27-21(16(2)29-19-12-8-9-17(23)14-19)25-26-22(27)30-15-20(28)24-18-10-6-4-5-7-11-18/h3,8-9,12,14,16,18H,1,4-7,10-11,13,15H2,2H3,(H,24,28). The molecule has 0 spiro atoms. The smallest absolute Gasteiger partial charge is 0.230 e. The molecule has 0 aliphatic heterocycles. The van der Waals surface area contributed by atoms with E-state index >= 15 is 0 Å². The van der Waals surface area contributed by atoms with Crippen LogP contribution in [0.5, 0.6) is 5.75 Å². The summed E-state index contributed by atoms with van der Waals surface area (Å²) >= 11 is 7.43. The molecule has 162 valence electrons. The molecule has 1 aromatic carbocycles. The predicted molar refractivity (Wildman–Crippen MR) is 121 cm³/mol. The number of carbonyl (C=O) groups is 1. The molecular weight excluding hydrogens is 420 g/mol. The van der Waals surface area contributed by atoms with Crippen LogP contribution in [0.3, 0.4) is 0 Å². The lowest BCUT2D eigenvalue weighted by molar-refractivity contribution is -0.119. The van der Waals surface area contributed by atoms with Crippen LogP contribution in [0.15, 0.2) is 42.1 Å². The molecule has 1 unspecified atom stereocenters. The van der Waals surface area contributed by atoms with Crippen LogP contribution in [0, 0.1) is 0 Å². The number of hydrogen-bond donors (Lipinski definition) is 1. The summed E-state index contributed by atoms with van der Waals surface area (Å²) in [5.74, 6) is 1.71. The minimum Gasteiger partial charge on any atom is -0.483 e. The predicted octanol–water partition coefficient (Wildman–Crippen LogP) is 5.19. The summed E-state index contributed by atoms with van der Waals surface area (Å²) in [7, 11) is 0. The largest absolute Gasteiger partial charge is 0.483 e. The highest BCUT2D eigenvalue weighted by molar-refractivity contribution is 7.99. The van der Waals surface area contributed by atoms with Gasteiger partial charge in [-0.05, 0) is 38.0 Å². The molecule has 0 saturated heterocycles. The zero-order valence-corrected chi connectivity index (χ0v) is 18.9. The molecule has 1 atom stereocenters. The maximum Gasteiger partial charge on any atom is 0.230 e. The van der Waals surface area contributed by atoms with Crippen LogP contribution in [0.1, 0.15) is 57.4 Å². The molecule has 1 N–H and O–H groups in total. The molecule has 2 aromatic rings. The van der Waals surface area contributed by atoms with Crippen LogP contribution >= 0.6 is 23.4 Å². The maximum atomic E-state index is 12.4. The number of benzene rings is 1. The molecule has 3 rings (SSSR count). The van der Waals surface area contributed by atoms with Gasteiger partial charge in [-0.25, -0.2) is 0 Å². The first-order valence-electron chi connectivity index (χ1n) is 10.4. The van der Waals surface area contributed by atoms with E-state index in [0.717, 1.165) is 12.8 Å². The Kier molecular flexibility index (Phi) is 8.63. The van der Waals surface area contributed by atoms with Crippen LogP contribution in [0.4, 0.5) is 0 Å². The fraction of sp³-hybridized carbons (Fsp3) is 0.500. The van der Waals surface area contributed by atoms with Gasteiger partial charge in [0.05, 0.1) is 5.75 Å². The van der Waals surface area contributed by atoms with E-state index in [2.05, 4.69) is 22.1 Å². The van der Waals surface area contributed by atoms with Crippen LogP contribution < -0.4 is 10.1 Å². The monoisotopic (exact) mass is 448 g/mol. The molecule has 1 fully saturated rings. The number of thioether (sulfide) groups is 1. The molecule has 0 radical (unpaired) electrons. The van der Waals surface area contributed by atoms with Gasteiger partial charge in [-0.2, -0.15) is 0 Å². The van der Waals surface area contributed by atoms with Crippen LogP contribution in [-0.4, -0.2) is 32.5 Å². The van der Waals surface area contributed by atoms with Crippen molar-refractivity contribution >= 4 is 29.3 Å². The van der Waals surface area contributed by atoms with Gasteiger partial charge in [0, 0.05) is 17.6 Å². The Morgan fingerprint density at radius 1 is 1.37 bits per heavy atom. The van der Waals surface area contributed by atoms with Gasteiger partial charge in [0.2, 0.25) is 5.91 Å². The number of rotatable bonds is 9. The van der Waals surface area contributed by atoms with Gasteiger partial charge in [0.1, 0.15) is 5.75 Å². The van der Waals surface area contributed by atoms with Crippen molar-refractivity contribution in [1.29, 1.82) is 0 Å². The SMILES string of the molecule is C=CCn1c(SCC(=O)NC2CCCCCC2)nnc1C(C)Oc1cccc(Cl)c1. The fourth-order valence-corrected chi connectivity index (χ4v) is 4.57. The zero-order valence-electron chi connectivity index (χ0n) is 17.3. The van der Waals surface area contributed by atoms with Crippen molar-refractivity contribution < 1.29 is 9.53 Å². The summed E-state index contributed by atoms with van der Waals surface area (Å²) in [4.78, 5) is 12.4. The minimum atomic E-state index is -0.329. The summed E-state index contributed by atoms with van der Waals surface area (Å²) in [6.07, 6.45) is 8.53. The zero-order chi connectivity index (χ0) is 21.3. The lowest BCUT2D eigenvalue weighted by Crippen LogP contribution is -2.35. The minimum absolute atomic E-state index is 0.0461. The van der Waals surface area contributed by atoms with E-state index < -0.39 is 0 Å². The van der Waals surface area contributed by atoms with Crippen LogP contribution in [0.2, 0.25) is 5.02 Å². The molecule has 30 heavy (non-hydrogen) atoms. The number of carbonyl (C=O) groups excluding carboxylic acids is 1. The first-order chi connectivity index (χ1) is 14.6. The van der Waals surface area contributed by atoms with Crippen molar-refractivity contribution in [2.45, 2.75) is 69.3 Å². The number of amides is 1. The second-order valence-electron chi connectivity index (χ2n) is 7.50. The first-order valence-corrected chi connectivity index (χ1v) is 11.8. The van der Waals surface area contributed by atoms with Crippen molar-refractivity contribution in [3.8, 4) is 5.75 Å². The molecule has 1 saturated carbocycles. The lowest BCUT2D eigenvalue weighted by atomic mass is 10.1. The summed E-state index contributed by atoms with van der Waals surface area (Å²) < 4.78 is 7.93. The van der Waals surface area contributed by atoms with Crippen molar-refractivity contribution in [2.24, 2.45) is 0 Å². The maximum absolute atomic E-state index is 12.4. The number of nitrogens with one attached hydrogen (secondary N) is 1. The Bertz CT molecular complexity index is 849. The van der Waals surface area contributed by atoms with E-state index in [4.69, 9.17) is 16.3 Å². The highest BCUT2D eigenvalue weighted by Crippen LogP contribution is 2.26. The third-order valence-corrected chi connectivity index (χ3v) is 6.28. The number of allylic oxidation sites excluding steroid dienone is 1. The van der Waals surface area contributed by atoms with Gasteiger partial charge in [-0.15, -0.1) is 16.8 Å². The molecule has 6 nitrogen and oxygen atoms in total. The summed E-state index contributed by atoms with van der Waals surface area (Å²) in [5, 5.41) is 13.1. The fourth-order valence-electron chi connectivity index (χ4n) is 3.63. The van der Waals surface area contributed by atoms with Crippen LogP contribution in [0.25, 0.3) is 0 Å². The quantitative estimate of drug-likeness (QED) is 0.325. The Hall–Kier alpha value is -1.99. The van der Waals surface area contributed by atoms with Gasteiger partial charge in [-0.1, -0.05) is 61.2 Å². The van der Waals surface area contributed by atoms with E-state index in [0.29, 0.717) is 40.1 Å². The molecule has 0 bridgehead atoms. The number of hydrogen-bond acceptors (Lipinski definition) is 5. The van der Waals surface area contributed by atoms with Gasteiger partial charge in [-0.3, -0.25) is 9.36 Å². The van der Waals surface area contributed by atoms with E-state index in [1.165, 1.54) is 37.4 Å². The average Bonchev–Trinajstić information content (AvgIpc) is 2.93. The topological polar surface area (TPSA) is 69.0 Å². The molecule has 1 aromatic heterocycles. The van der Waals surface area contributed by atoms with Gasteiger partial charge in [0.25, 0.3) is 0 Å². The Balaban J connectivity index is 1.61. The van der Waals surface area contributed by atoms with E-state index in [1.54, 1.807) is 18.2 Å². The lowest BCUT2D eigenvalue weighted by Gasteiger charge is -2.17. The highest BCUT2D eigenvalue weighted by atomic mass is 35.5. The van der Waals surface area contributed by atoms with E-state index in [9.17, 15) is 4.79 Å². The summed E-state index contributed by atoms with van der Waals surface area (Å²) in [5.41, 5.74) is 0. The number of nitrogens with zero attached hydrogens (tertiary/aromatic N) is 3. The molecular formula is C22H29ClN4O2S. The highest BCUT2D eigenvalue weighted by Gasteiger charge is 2.21. The molecule has 8 heteroatoms. The van der Waals surface area contributed by atoms with E-state index in [1.807, 2.05) is 23.6 Å². The normalized spacial score (nSPS) is 15.9. The Morgan fingerprint density at radius 2 is 2.13 bits per heavy atom. The molecule has 1 aliphatic carbocycles. The third-order valence-electron chi connectivity index (χ3n) is 5.08. The number of halogens is 1. The third kappa shape index (κ3) is 6.51. The Morgan fingerprint density at radius 3 is 2.83 bits per heavy atom. The van der Waals surface area contributed by atoms with Gasteiger partial charge >= 0.3 is 0 Å². The second-order valence-corrected chi connectivity index (χ2v) is 8.88. The van der Waals surface area contributed by atoms with Crippen LogP contribution in [-0.2, 0) is 11.3 Å². The molecule has 1 heterocycles. The summed E-state index contributed by atoms with van der Waals surface area (Å²) in [6, 6.07) is 7.55. The Labute approximate surface area is 187 Å². The number of aromatic nitrogens is 3. The molecule has 1 aliphatic rings.